The number of nitrogens with one attached hydrogen (secondary N) is 1. The first kappa shape index (κ1) is 15.9. The number of hydrogen-bond donors (Lipinski definition) is 2. The standard InChI is InChI=1S/C15H32N2O/c1-5-15(12-18,16-6-2)8-7-9-17-10-13(3)14(4)11-17/h13-14,16,18H,5-12H2,1-4H3. The van der Waals surface area contributed by atoms with Gasteiger partial charge in [-0.25, -0.2) is 0 Å². The first-order chi connectivity index (χ1) is 8.56. The van der Waals surface area contributed by atoms with Crippen molar-refractivity contribution < 1.29 is 5.11 Å². The van der Waals surface area contributed by atoms with E-state index < -0.39 is 0 Å². The molecule has 0 aromatic rings. The largest absolute Gasteiger partial charge is 0.394 e. The van der Waals surface area contributed by atoms with Crippen LogP contribution in [0.1, 0.15) is 47.0 Å². The summed E-state index contributed by atoms with van der Waals surface area (Å²) in [6.07, 6.45) is 3.26. The summed E-state index contributed by atoms with van der Waals surface area (Å²) in [4.78, 5) is 2.58. The highest BCUT2D eigenvalue weighted by molar-refractivity contribution is 4.86. The minimum atomic E-state index is -0.0499. The summed E-state index contributed by atoms with van der Waals surface area (Å²) < 4.78 is 0. The molecule has 3 nitrogen and oxygen atoms in total. The lowest BCUT2D eigenvalue weighted by atomic mass is 9.91. The molecule has 3 atom stereocenters. The van der Waals surface area contributed by atoms with E-state index in [0.717, 1.165) is 31.2 Å². The van der Waals surface area contributed by atoms with E-state index in [1.54, 1.807) is 0 Å². The lowest BCUT2D eigenvalue weighted by Crippen LogP contribution is -2.48. The van der Waals surface area contributed by atoms with Gasteiger partial charge in [-0.2, -0.15) is 0 Å². The van der Waals surface area contributed by atoms with Crippen LogP contribution in [-0.2, 0) is 0 Å². The van der Waals surface area contributed by atoms with Crippen molar-refractivity contribution in [3.8, 4) is 0 Å². The molecule has 0 amide bonds. The number of aliphatic hydroxyl groups excluding tert-OH is 1. The Bertz CT molecular complexity index is 219. The highest BCUT2D eigenvalue weighted by Gasteiger charge is 2.28. The molecule has 2 N–H and O–H groups in total. The highest BCUT2D eigenvalue weighted by atomic mass is 16.3. The second-order valence-corrected chi connectivity index (χ2v) is 6.14. The third-order valence-corrected chi connectivity index (χ3v) is 4.72. The molecule has 1 saturated heterocycles. The second kappa shape index (κ2) is 7.46. The summed E-state index contributed by atoms with van der Waals surface area (Å²) in [5.74, 6) is 1.68. The van der Waals surface area contributed by atoms with Crippen LogP contribution < -0.4 is 5.32 Å². The van der Waals surface area contributed by atoms with Crippen molar-refractivity contribution in [3.05, 3.63) is 0 Å². The van der Waals surface area contributed by atoms with Crippen LogP contribution in [0.3, 0.4) is 0 Å². The third-order valence-electron chi connectivity index (χ3n) is 4.72. The van der Waals surface area contributed by atoms with Crippen LogP contribution >= 0.6 is 0 Å². The molecule has 3 heteroatoms. The number of likely N-dealkylation sites (tertiary alicyclic amines) is 1. The molecule has 1 heterocycles. The molecule has 1 fully saturated rings. The fraction of sp³-hybridized carbons (Fsp3) is 1.00. The molecule has 0 bridgehead atoms. The Morgan fingerprint density at radius 3 is 2.28 bits per heavy atom. The monoisotopic (exact) mass is 256 g/mol. The van der Waals surface area contributed by atoms with Gasteiger partial charge in [0.15, 0.2) is 0 Å². The quantitative estimate of drug-likeness (QED) is 0.698. The molecule has 1 aliphatic rings. The first-order valence-electron chi connectivity index (χ1n) is 7.65. The molecule has 1 rings (SSSR count). The van der Waals surface area contributed by atoms with E-state index in [4.69, 9.17) is 0 Å². The summed E-state index contributed by atoms with van der Waals surface area (Å²) in [6, 6.07) is 0. The Morgan fingerprint density at radius 1 is 1.22 bits per heavy atom. The molecular weight excluding hydrogens is 224 g/mol. The Hall–Kier alpha value is -0.120. The van der Waals surface area contributed by atoms with Gasteiger partial charge in [-0.05, 0) is 44.2 Å². The molecule has 1 aliphatic heterocycles. The van der Waals surface area contributed by atoms with Crippen LogP contribution in [0.5, 0.6) is 0 Å². The summed E-state index contributed by atoms with van der Waals surface area (Å²) in [6.45, 7) is 13.9. The van der Waals surface area contributed by atoms with Crippen molar-refractivity contribution in [2.24, 2.45) is 11.8 Å². The first-order valence-corrected chi connectivity index (χ1v) is 7.65. The maximum Gasteiger partial charge on any atom is 0.0613 e. The van der Waals surface area contributed by atoms with Gasteiger partial charge in [0, 0.05) is 18.6 Å². The van der Waals surface area contributed by atoms with E-state index in [9.17, 15) is 5.11 Å². The maximum absolute atomic E-state index is 9.61. The van der Waals surface area contributed by atoms with Gasteiger partial charge in [0.1, 0.15) is 0 Å². The fourth-order valence-corrected chi connectivity index (χ4v) is 3.08. The Labute approximate surface area is 113 Å². The average Bonchev–Trinajstić information content (AvgIpc) is 2.67. The van der Waals surface area contributed by atoms with Gasteiger partial charge in [0.2, 0.25) is 0 Å². The number of likely N-dealkylation sites (N-methyl/N-ethyl adjacent to an activating group) is 1. The zero-order chi connectivity index (χ0) is 13.6. The van der Waals surface area contributed by atoms with Crippen molar-refractivity contribution in [1.82, 2.24) is 10.2 Å². The van der Waals surface area contributed by atoms with E-state index >= 15 is 0 Å². The van der Waals surface area contributed by atoms with Crippen molar-refractivity contribution in [1.29, 1.82) is 0 Å². The van der Waals surface area contributed by atoms with Crippen molar-refractivity contribution in [3.63, 3.8) is 0 Å². The molecule has 108 valence electrons. The summed E-state index contributed by atoms with van der Waals surface area (Å²) >= 11 is 0. The topological polar surface area (TPSA) is 35.5 Å². The fourth-order valence-electron chi connectivity index (χ4n) is 3.08. The lowest BCUT2D eigenvalue weighted by molar-refractivity contribution is 0.141. The molecule has 0 saturated carbocycles. The number of hydrogen-bond acceptors (Lipinski definition) is 3. The summed E-state index contributed by atoms with van der Waals surface area (Å²) in [7, 11) is 0. The van der Waals surface area contributed by atoms with Crippen LogP contribution in [0, 0.1) is 11.8 Å². The maximum atomic E-state index is 9.61. The molecule has 0 aromatic carbocycles. The van der Waals surface area contributed by atoms with Crippen LogP contribution in [-0.4, -0.2) is 48.3 Å². The number of rotatable bonds is 8. The predicted molar refractivity (Wildman–Crippen MR) is 77.8 cm³/mol. The molecule has 18 heavy (non-hydrogen) atoms. The average molecular weight is 256 g/mol. The van der Waals surface area contributed by atoms with Crippen LogP contribution in [0.2, 0.25) is 0 Å². The van der Waals surface area contributed by atoms with Crippen LogP contribution in [0.25, 0.3) is 0 Å². The minimum Gasteiger partial charge on any atom is -0.394 e. The van der Waals surface area contributed by atoms with E-state index in [1.807, 2.05) is 0 Å². The minimum absolute atomic E-state index is 0.0499. The van der Waals surface area contributed by atoms with E-state index in [0.29, 0.717) is 0 Å². The molecular formula is C15H32N2O. The molecule has 0 spiro atoms. The van der Waals surface area contributed by atoms with Gasteiger partial charge in [-0.1, -0.05) is 27.7 Å². The zero-order valence-electron chi connectivity index (χ0n) is 12.7. The smallest absolute Gasteiger partial charge is 0.0613 e. The molecule has 3 unspecified atom stereocenters. The van der Waals surface area contributed by atoms with Crippen molar-refractivity contribution >= 4 is 0 Å². The highest BCUT2D eigenvalue weighted by Crippen LogP contribution is 2.23. The summed E-state index contributed by atoms with van der Waals surface area (Å²) in [5, 5.41) is 13.1. The summed E-state index contributed by atoms with van der Waals surface area (Å²) in [5.41, 5.74) is -0.0499. The molecule has 0 aromatic heterocycles. The predicted octanol–water partition coefficient (Wildman–Crippen LogP) is 2.10. The second-order valence-electron chi connectivity index (χ2n) is 6.14. The SMILES string of the molecule is CCNC(CC)(CO)CCCN1CC(C)C(C)C1. The Balaban J connectivity index is 2.31. The van der Waals surface area contributed by atoms with Crippen molar-refractivity contribution in [2.45, 2.75) is 52.5 Å². The van der Waals surface area contributed by atoms with E-state index in [-0.39, 0.29) is 12.1 Å². The van der Waals surface area contributed by atoms with Gasteiger partial charge in [-0.3, -0.25) is 0 Å². The van der Waals surface area contributed by atoms with Gasteiger partial charge in [0.25, 0.3) is 0 Å². The van der Waals surface area contributed by atoms with Crippen LogP contribution in [0.15, 0.2) is 0 Å². The normalized spacial score (nSPS) is 28.5. The van der Waals surface area contributed by atoms with E-state index in [1.165, 1.54) is 26.1 Å². The van der Waals surface area contributed by atoms with Gasteiger partial charge < -0.3 is 15.3 Å². The molecule has 0 radical (unpaired) electrons. The lowest BCUT2D eigenvalue weighted by Gasteiger charge is -2.32. The zero-order valence-corrected chi connectivity index (χ0v) is 12.7. The number of nitrogens with zero attached hydrogens (tertiary/aromatic N) is 1. The molecule has 0 aliphatic carbocycles. The van der Waals surface area contributed by atoms with Gasteiger partial charge in [0.05, 0.1) is 6.61 Å². The number of aliphatic hydroxyl groups is 1. The van der Waals surface area contributed by atoms with Gasteiger partial charge in [-0.15, -0.1) is 0 Å². The van der Waals surface area contributed by atoms with Crippen LogP contribution in [0.4, 0.5) is 0 Å². The van der Waals surface area contributed by atoms with E-state index in [2.05, 4.69) is 37.9 Å². The Kier molecular flexibility index (Phi) is 6.61. The van der Waals surface area contributed by atoms with Gasteiger partial charge >= 0.3 is 0 Å². The third kappa shape index (κ3) is 4.22. The Morgan fingerprint density at radius 2 is 1.83 bits per heavy atom. The van der Waals surface area contributed by atoms with Crippen molar-refractivity contribution in [2.75, 3.05) is 32.8 Å².